The van der Waals surface area contributed by atoms with Crippen molar-refractivity contribution in [1.82, 2.24) is 29.5 Å². The molecule has 0 radical (unpaired) electrons. The van der Waals surface area contributed by atoms with Crippen LogP contribution >= 0.6 is 0 Å². The fourth-order valence-electron chi connectivity index (χ4n) is 2.46. The molecule has 25 heavy (non-hydrogen) atoms. The third-order valence-corrected chi connectivity index (χ3v) is 3.56. The van der Waals surface area contributed by atoms with E-state index in [1.165, 1.54) is 17.3 Å². The fourth-order valence-corrected chi connectivity index (χ4v) is 2.46. The molecule has 4 rings (SSSR count). The quantitative estimate of drug-likeness (QED) is 0.609. The SMILES string of the molecule is O=C(O)n1ccc2cc(Oc3cc(Cn4nccn4)ncn3)ccc21. The van der Waals surface area contributed by atoms with E-state index in [0.29, 0.717) is 29.4 Å². The molecule has 0 aliphatic rings. The Morgan fingerprint density at radius 2 is 1.96 bits per heavy atom. The Bertz CT molecular complexity index is 1040. The van der Waals surface area contributed by atoms with Crippen LogP contribution in [0, 0.1) is 0 Å². The van der Waals surface area contributed by atoms with Gasteiger partial charge in [0.1, 0.15) is 18.6 Å². The summed E-state index contributed by atoms with van der Waals surface area (Å²) in [5.74, 6) is 0.937. The Morgan fingerprint density at radius 3 is 2.76 bits per heavy atom. The Balaban J connectivity index is 1.57. The summed E-state index contributed by atoms with van der Waals surface area (Å²) in [7, 11) is 0. The number of carbonyl (C=O) groups is 1. The first-order valence-corrected chi connectivity index (χ1v) is 7.36. The molecular formula is C16H12N6O3. The lowest BCUT2D eigenvalue weighted by molar-refractivity contribution is 0.197. The predicted molar refractivity (Wildman–Crippen MR) is 86.6 cm³/mol. The molecule has 0 spiro atoms. The van der Waals surface area contributed by atoms with Crippen molar-refractivity contribution in [1.29, 1.82) is 0 Å². The van der Waals surface area contributed by atoms with Crippen LogP contribution in [-0.2, 0) is 6.54 Å². The number of fused-ring (bicyclic) bond motifs is 1. The lowest BCUT2D eigenvalue weighted by Crippen LogP contribution is -2.06. The van der Waals surface area contributed by atoms with Gasteiger partial charge in [-0.05, 0) is 24.3 Å². The number of nitrogens with zero attached hydrogens (tertiary/aromatic N) is 6. The van der Waals surface area contributed by atoms with Gasteiger partial charge in [0.05, 0.1) is 23.6 Å². The number of hydrogen-bond acceptors (Lipinski definition) is 6. The summed E-state index contributed by atoms with van der Waals surface area (Å²) in [4.78, 5) is 20.9. The minimum absolute atomic E-state index is 0.383. The fraction of sp³-hybridized carbons (Fsp3) is 0.0625. The molecule has 0 fully saturated rings. The van der Waals surface area contributed by atoms with Crippen molar-refractivity contribution in [3.8, 4) is 11.6 Å². The summed E-state index contributed by atoms with van der Waals surface area (Å²) in [5.41, 5.74) is 1.30. The molecule has 0 saturated heterocycles. The minimum Gasteiger partial charge on any atom is -0.464 e. The number of aromatic nitrogens is 6. The highest BCUT2D eigenvalue weighted by atomic mass is 16.5. The molecule has 0 saturated carbocycles. The highest BCUT2D eigenvalue weighted by molar-refractivity contribution is 5.89. The second kappa shape index (κ2) is 6.04. The van der Waals surface area contributed by atoms with E-state index in [-0.39, 0.29) is 0 Å². The van der Waals surface area contributed by atoms with Crippen LogP contribution in [0.5, 0.6) is 11.6 Å². The first-order chi connectivity index (χ1) is 12.2. The average Bonchev–Trinajstić information content (AvgIpc) is 3.24. The van der Waals surface area contributed by atoms with E-state index >= 15 is 0 Å². The topological polar surface area (TPSA) is 108 Å². The van der Waals surface area contributed by atoms with Crippen molar-refractivity contribution in [2.45, 2.75) is 6.54 Å². The van der Waals surface area contributed by atoms with E-state index in [0.717, 1.165) is 9.95 Å². The van der Waals surface area contributed by atoms with Crippen LogP contribution in [0.3, 0.4) is 0 Å². The Hall–Kier alpha value is -3.75. The average molecular weight is 336 g/mol. The van der Waals surface area contributed by atoms with Gasteiger partial charge >= 0.3 is 6.09 Å². The van der Waals surface area contributed by atoms with E-state index in [1.807, 2.05) is 0 Å². The maximum absolute atomic E-state index is 11.1. The van der Waals surface area contributed by atoms with E-state index in [4.69, 9.17) is 9.84 Å². The summed E-state index contributed by atoms with van der Waals surface area (Å²) in [6, 6.07) is 8.56. The van der Waals surface area contributed by atoms with Crippen molar-refractivity contribution >= 4 is 17.0 Å². The Labute approximate surface area is 141 Å². The van der Waals surface area contributed by atoms with Crippen molar-refractivity contribution in [2.75, 3.05) is 0 Å². The number of ether oxygens (including phenoxy) is 1. The molecule has 9 nitrogen and oxygen atoms in total. The molecule has 9 heteroatoms. The molecule has 1 N–H and O–H groups in total. The van der Waals surface area contributed by atoms with Crippen molar-refractivity contribution in [3.05, 3.63) is 60.9 Å². The third kappa shape index (κ3) is 3.02. The molecule has 4 aromatic rings. The monoisotopic (exact) mass is 336 g/mol. The van der Waals surface area contributed by atoms with Crippen LogP contribution in [0.4, 0.5) is 4.79 Å². The van der Waals surface area contributed by atoms with Gasteiger partial charge in [-0.25, -0.2) is 14.8 Å². The largest absolute Gasteiger partial charge is 0.464 e. The van der Waals surface area contributed by atoms with Gasteiger partial charge in [0.2, 0.25) is 5.88 Å². The van der Waals surface area contributed by atoms with Crippen LogP contribution in [0.1, 0.15) is 5.69 Å². The maximum atomic E-state index is 11.1. The molecule has 3 heterocycles. The molecule has 1 aromatic carbocycles. The van der Waals surface area contributed by atoms with Gasteiger partial charge in [-0.3, -0.25) is 4.57 Å². The van der Waals surface area contributed by atoms with Crippen LogP contribution in [0.15, 0.2) is 55.2 Å². The molecule has 0 aliphatic carbocycles. The molecule has 124 valence electrons. The van der Waals surface area contributed by atoms with Gasteiger partial charge in [-0.15, -0.1) is 0 Å². The Morgan fingerprint density at radius 1 is 1.12 bits per heavy atom. The third-order valence-electron chi connectivity index (χ3n) is 3.56. The van der Waals surface area contributed by atoms with Crippen LogP contribution in [0.25, 0.3) is 10.9 Å². The molecular weight excluding hydrogens is 324 g/mol. The van der Waals surface area contributed by atoms with Gasteiger partial charge in [0, 0.05) is 17.6 Å². The lowest BCUT2D eigenvalue weighted by atomic mass is 10.2. The van der Waals surface area contributed by atoms with Crippen molar-refractivity contribution < 1.29 is 14.6 Å². The highest BCUT2D eigenvalue weighted by Crippen LogP contribution is 2.25. The van der Waals surface area contributed by atoms with E-state index < -0.39 is 6.09 Å². The van der Waals surface area contributed by atoms with E-state index in [9.17, 15) is 4.79 Å². The van der Waals surface area contributed by atoms with Crippen LogP contribution in [-0.4, -0.2) is 40.7 Å². The van der Waals surface area contributed by atoms with Crippen molar-refractivity contribution in [3.63, 3.8) is 0 Å². The van der Waals surface area contributed by atoms with E-state index in [2.05, 4.69) is 20.2 Å². The summed E-state index contributed by atoms with van der Waals surface area (Å²) < 4.78 is 6.91. The molecule has 0 unspecified atom stereocenters. The standard InChI is InChI=1S/C16H12N6O3/c23-16(24)21-6-3-11-7-13(1-2-14(11)21)25-15-8-12(17-10-18-15)9-22-19-4-5-20-22/h1-8,10H,9H2,(H,23,24). The molecule has 3 aromatic heterocycles. The predicted octanol–water partition coefficient (Wildman–Crippen LogP) is 2.39. The normalized spacial score (nSPS) is 10.9. The zero-order valence-corrected chi connectivity index (χ0v) is 12.9. The summed E-state index contributed by atoms with van der Waals surface area (Å²) in [5, 5.41) is 17.9. The maximum Gasteiger partial charge on any atom is 0.415 e. The molecule has 0 aliphatic heterocycles. The lowest BCUT2D eigenvalue weighted by Gasteiger charge is -2.06. The first kappa shape index (κ1) is 14.8. The zero-order chi connectivity index (χ0) is 17.2. The summed E-state index contributed by atoms with van der Waals surface area (Å²) in [6.07, 6.45) is 5.06. The Kier molecular flexibility index (Phi) is 3.58. The number of hydrogen-bond donors (Lipinski definition) is 1. The van der Waals surface area contributed by atoms with E-state index in [1.54, 1.807) is 42.7 Å². The number of carboxylic acid groups (broad SMARTS) is 1. The summed E-state index contributed by atoms with van der Waals surface area (Å²) in [6.45, 7) is 0.409. The van der Waals surface area contributed by atoms with Gasteiger partial charge in [0.15, 0.2) is 0 Å². The first-order valence-electron chi connectivity index (χ1n) is 7.36. The second-order valence-corrected chi connectivity index (χ2v) is 5.20. The van der Waals surface area contributed by atoms with Gasteiger partial charge in [-0.2, -0.15) is 15.0 Å². The highest BCUT2D eigenvalue weighted by Gasteiger charge is 2.09. The smallest absolute Gasteiger partial charge is 0.415 e. The molecule has 0 atom stereocenters. The zero-order valence-electron chi connectivity index (χ0n) is 12.9. The second-order valence-electron chi connectivity index (χ2n) is 5.20. The number of rotatable bonds is 4. The van der Waals surface area contributed by atoms with Gasteiger partial charge in [0.25, 0.3) is 0 Å². The number of benzene rings is 1. The van der Waals surface area contributed by atoms with Crippen molar-refractivity contribution in [2.24, 2.45) is 0 Å². The minimum atomic E-state index is -1.03. The molecule has 0 bridgehead atoms. The van der Waals surface area contributed by atoms with Crippen LogP contribution < -0.4 is 4.74 Å². The summed E-state index contributed by atoms with van der Waals surface area (Å²) >= 11 is 0. The van der Waals surface area contributed by atoms with Gasteiger partial charge < -0.3 is 9.84 Å². The van der Waals surface area contributed by atoms with Gasteiger partial charge in [-0.1, -0.05) is 0 Å². The van der Waals surface area contributed by atoms with Crippen LogP contribution in [0.2, 0.25) is 0 Å². The molecule has 0 amide bonds.